The maximum atomic E-state index is 12.9. The van der Waals surface area contributed by atoms with Crippen molar-refractivity contribution in [2.45, 2.75) is 26.1 Å². The number of alkyl halides is 3. The van der Waals surface area contributed by atoms with Gasteiger partial charge < -0.3 is 5.32 Å². The van der Waals surface area contributed by atoms with Crippen molar-refractivity contribution in [2.24, 2.45) is 0 Å². The molecule has 9 heteroatoms. The van der Waals surface area contributed by atoms with E-state index in [0.717, 1.165) is 43.5 Å². The minimum absolute atomic E-state index is 0.235. The van der Waals surface area contributed by atoms with Crippen molar-refractivity contribution < 1.29 is 18.0 Å². The molecule has 0 saturated carbocycles. The number of aromatic nitrogens is 1. The van der Waals surface area contributed by atoms with Crippen LogP contribution >= 0.6 is 22.7 Å². The van der Waals surface area contributed by atoms with Crippen molar-refractivity contribution in [3.05, 3.63) is 50.2 Å². The summed E-state index contributed by atoms with van der Waals surface area (Å²) in [5.74, 6) is -0.262. The lowest BCUT2D eigenvalue weighted by Crippen LogP contribution is -2.37. The van der Waals surface area contributed by atoms with Gasteiger partial charge in [0, 0.05) is 36.4 Å². The van der Waals surface area contributed by atoms with Crippen molar-refractivity contribution in [2.75, 3.05) is 19.6 Å². The van der Waals surface area contributed by atoms with Crippen molar-refractivity contribution in [1.82, 2.24) is 15.2 Å². The van der Waals surface area contributed by atoms with E-state index in [0.29, 0.717) is 22.4 Å². The van der Waals surface area contributed by atoms with Gasteiger partial charge in [0.25, 0.3) is 5.91 Å². The van der Waals surface area contributed by atoms with E-state index in [-0.39, 0.29) is 10.7 Å². The first-order valence-corrected chi connectivity index (χ1v) is 10.6. The van der Waals surface area contributed by atoms with Gasteiger partial charge in [-0.05, 0) is 48.1 Å². The van der Waals surface area contributed by atoms with Gasteiger partial charge in [0.1, 0.15) is 10.5 Å². The van der Waals surface area contributed by atoms with Crippen molar-refractivity contribution >= 4 is 38.8 Å². The highest BCUT2D eigenvalue weighted by atomic mass is 32.1. The molecule has 0 radical (unpaired) electrons. The maximum Gasteiger partial charge on any atom is 0.433 e. The van der Waals surface area contributed by atoms with Gasteiger partial charge in [-0.15, -0.1) is 22.7 Å². The number of nitrogens with one attached hydrogen (secondary N) is 1. The predicted molar refractivity (Wildman–Crippen MR) is 105 cm³/mol. The highest BCUT2D eigenvalue weighted by Crippen LogP contribution is 2.34. The molecule has 28 heavy (non-hydrogen) atoms. The molecule has 0 bridgehead atoms. The first kappa shape index (κ1) is 19.4. The Morgan fingerprint density at radius 2 is 2.14 bits per heavy atom. The van der Waals surface area contributed by atoms with Crippen LogP contribution in [0.15, 0.2) is 23.6 Å². The average molecular weight is 426 g/mol. The monoisotopic (exact) mass is 425 g/mol. The van der Waals surface area contributed by atoms with Crippen LogP contribution in [0.2, 0.25) is 0 Å². The third kappa shape index (κ3) is 3.78. The Morgan fingerprint density at radius 1 is 1.32 bits per heavy atom. The molecule has 0 unspecified atom stereocenters. The fourth-order valence-corrected chi connectivity index (χ4v) is 5.37. The van der Waals surface area contributed by atoms with Crippen LogP contribution in [0.1, 0.15) is 31.4 Å². The van der Waals surface area contributed by atoms with E-state index in [1.54, 1.807) is 18.3 Å². The molecule has 4 nitrogen and oxygen atoms in total. The number of thiophene rings is 2. The van der Waals surface area contributed by atoms with Gasteiger partial charge in [-0.1, -0.05) is 0 Å². The summed E-state index contributed by atoms with van der Waals surface area (Å²) < 4.78 is 38.6. The Morgan fingerprint density at radius 3 is 2.93 bits per heavy atom. The number of hydrogen-bond acceptors (Lipinski definition) is 5. The highest BCUT2D eigenvalue weighted by Gasteiger charge is 2.33. The summed E-state index contributed by atoms with van der Waals surface area (Å²) in [5.41, 5.74) is 1.08. The molecule has 0 spiro atoms. The molecule has 0 aliphatic carbocycles. The van der Waals surface area contributed by atoms with E-state index in [4.69, 9.17) is 0 Å². The molecule has 4 heterocycles. The smallest absolute Gasteiger partial charge is 0.350 e. The van der Waals surface area contributed by atoms with Gasteiger partial charge in [-0.2, -0.15) is 13.2 Å². The summed E-state index contributed by atoms with van der Waals surface area (Å²) in [4.78, 5) is 20.6. The van der Waals surface area contributed by atoms with E-state index in [2.05, 4.69) is 26.6 Å². The van der Waals surface area contributed by atoms with Crippen LogP contribution in [-0.4, -0.2) is 35.4 Å². The largest absolute Gasteiger partial charge is 0.433 e. The molecule has 0 fully saturated rings. The number of aryl methyl sites for hydroxylation is 1. The fraction of sp³-hybridized carbons (Fsp3) is 0.368. The van der Waals surface area contributed by atoms with Crippen molar-refractivity contribution in [1.29, 1.82) is 0 Å². The summed E-state index contributed by atoms with van der Waals surface area (Å²) in [5, 5.41) is 5.59. The minimum Gasteiger partial charge on any atom is -0.350 e. The molecule has 1 aliphatic heterocycles. The standard InChI is InChI=1S/C19H18F3N3OS2/c1-11-13-2-3-15(19(20,21)22)24-18(13)28-16(11)17(26)23-6-8-25-7-4-14-12(10-25)5-9-27-14/h2-3,5,9H,4,6-8,10H2,1H3,(H,23,26). The van der Waals surface area contributed by atoms with Crippen LogP contribution in [0, 0.1) is 6.92 Å². The van der Waals surface area contributed by atoms with Gasteiger partial charge in [0.2, 0.25) is 0 Å². The Bertz CT molecular complexity index is 1030. The van der Waals surface area contributed by atoms with E-state index in [1.165, 1.54) is 16.5 Å². The number of carbonyl (C=O) groups is 1. The van der Waals surface area contributed by atoms with Crippen LogP contribution in [-0.2, 0) is 19.1 Å². The molecule has 0 atom stereocenters. The molecule has 3 aromatic heterocycles. The zero-order valence-electron chi connectivity index (χ0n) is 15.1. The molecule has 1 aliphatic rings. The van der Waals surface area contributed by atoms with Crippen molar-refractivity contribution in [3.8, 4) is 0 Å². The Balaban J connectivity index is 1.41. The number of nitrogens with zero attached hydrogens (tertiary/aromatic N) is 2. The van der Waals surface area contributed by atoms with Gasteiger partial charge in [-0.25, -0.2) is 4.98 Å². The zero-order chi connectivity index (χ0) is 19.9. The van der Waals surface area contributed by atoms with Gasteiger partial charge in [0.05, 0.1) is 4.88 Å². The van der Waals surface area contributed by atoms with Crippen LogP contribution in [0.25, 0.3) is 10.2 Å². The van der Waals surface area contributed by atoms with Crippen molar-refractivity contribution in [3.63, 3.8) is 0 Å². The van der Waals surface area contributed by atoms with Crippen LogP contribution < -0.4 is 5.32 Å². The SMILES string of the molecule is Cc1c(C(=O)NCCN2CCc3sccc3C2)sc2nc(C(F)(F)F)ccc12. The van der Waals surface area contributed by atoms with E-state index in [9.17, 15) is 18.0 Å². The summed E-state index contributed by atoms with van der Waals surface area (Å²) in [6.45, 7) is 4.83. The Labute approximate surface area is 168 Å². The molecule has 1 N–H and O–H groups in total. The molecule has 148 valence electrons. The number of pyridine rings is 1. The van der Waals surface area contributed by atoms with E-state index >= 15 is 0 Å². The molecule has 3 aromatic rings. The minimum atomic E-state index is -4.49. The number of fused-ring (bicyclic) bond motifs is 2. The molecular formula is C19H18F3N3OS2. The Hall–Kier alpha value is -1.97. The molecular weight excluding hydrogens is 407 g/mol. The van der Waals surface area contributed by atoms with Gasteiger partial charge in [0.15, 0.2) is 0 Å². The highest BCUT2D eigenvalue weighted by molar-refractivity contribution is 7.20. The molecule has 4 rings (SSSR count). The lowest BCUT2D eigenvalue weighted by molar-refractivity contribution is -0.140. The van der Waals surface area contributed by atoms with Crippen LogP contribution in [0.3, 0.4) is 0 Å². The zero-order valence-corrected chi connectivity index (χ0v) is 16.7. The lowest BCUT2D eigenvalue weighted by Gasteiger charge is -2.26. The predicted octanol–water partition coefficient (Wildman–Crippen LogP) is 4.47. The summed E-state index contributed by atoms with van der Waals surface area (Å²) >= 11 is 2.79. The maximum absolute atomic E-state index is 12.9. The number of hydrogen-bond donors (Lipinski definition) is 1. The quantitative estimate of drug-likeness (QED) is 0.671. The lowest BCUT2D eigenvalue weighted by atomic mass is 10.1. The molecule has 0 aromatic carbocycles. The summed E-state index contributed by atoms with van der Waals surface area (Å²) in [6.07, 6.45) is -3.46. The second kappa shape index (κ2) is 7.46. The molecule has 0 saturated heterocycles. The number of rotatable bonds is 4. The van der Waals surface area contributed by atoms with Gasteiger partial charge >= 0.3 is 6.18 Å². The second-order valence-electron chi connectivity index (χ2n) is 6.75. The topological polar surface area (TPSA) is 45.2 Å². The summed E-state index contributed by atoms with van der Waals surface area (Å²) in [7, 11) is 0. The Kier molecular flexibility index (Phi) is 5.15. The summed E-state index contributed by atoms with van der Waals surface area (Å²) in [6, 6.07) is 4.49. The van der Waals surface area contributed by atoms with Gasteiger partial charge in [-0.3, -0.25) is 9.69 Å². The first-order chi connectivity index (χ1) is 13.3. The first-order valence-electron chi connectivity index (χ1n) is 8.86. The number of carbonyl (C=O) groups excluding carboxylic acids is 1. The number of amides is 1. The van der Waals surface area contributed by atoms with E-state index in [1.807, 2.05) is 0 Å². The molecule has 1 amide bonds. The van der Waals surface area contributed by atoms with Crippen LogP contribution in [0.5, 0.6) is 0 Å². The third-order valence-corrected chi connectivity index (χ3v) is 7.12. The average Bonchev–Trinajstić information content (AvgIpc) is 3.24. The fourth-order valence-electron chi connectivity index (χ4n) is 3.38. The van der Waals surface area contributed by atoms with E-state index < -0.39 is 11.9 Å². The second-order valence-corrected chi connectivity index (χ2v) is 8.75. The normalized spacial score (nSPS) is 15.0. The van der Waals surface area contributed by atoms with Crippen LogP contribution in [0.4, 0.5) is 13.2 Å². The number of halogens is 3. The third-order valence-electron chi connectivity index (χ3n) is 4.90.